The molecule has 2 aliphatic rings. The zero-order valence-corrected chi connectivity index (χ0v) is 17.4. The standard InChI is InChI=1S/C24H29N5O/c30-23(29(19-10-3-1-4-11-19)20-12-5-2-6-13-20)18-27-16-9-14-21(27)24-26-25-22-15-7-8-17-28(22)24/h1,3-4,7-8,10-11,15,17,20-21H,2,5-6,9,12-14,16,18H2. The molecule has 2 aromatic heterocycles. The van der Waals surface area contributed by atoms with E-state index in [0.29, 0.717) is 12.6 Å². The molecule has 0 radical (unpaired) electrons. The lowest BCUT2D eigenvalue weighted by molar-refractivity contribution is -0.120. The SMILES string of the molecule is O=C(CN1CCCC1c1nnc2ccccn12)N(c1ccccc1)C1CCCCC1. The van der Waals surface area contributed by atoms with Crippen molar-refractivity contribution in [3.05, 3.63) is 60.6 Å². The van der Waals surface area contributed by atoms with Crippen LogP contribution in [0.4, 0.5) is 5.69 Å². The number of para-hydroxylation sites is 1. The third-order valence-electron chi connectivity index (χ3n) is 6.58. The number of hydrogen-bond donors (Lipinski definition) is 0. The van der Waals surface area contributed by atoms with Gasteiger partial charge in [-0.1, -0.05) is 43.5 Å². The molecule has 1 saturated carbocycles. The van der Waals surface area contributed by atoms with Gasteiger partial charge in [-0.2, -0.15) is 0 Å². The summed E-state index contributed by atoms with van der Waals surface area (Å²) < 4.78 is 2.06. The number of likely N-dealkylation sites (tertiary alicyclic amines) is 1. The molecular formula is C24H29N5O. The van der Waals surface area contributed by atoms with Gasteiger partial charge in [-0.05, 0) is 56.5 Å². The van der Waals surface area contributed by atoms with E-state index >= 15 is 0 Å². The van der Waals surface area contributed by atoms with Crippen LogP contribution >= 0.6 is 0 Å². The van der Waals surface area contributed by atoms with Crippen LogP contribution in [-0.2, 0) is 4.79 Å². The summed E-state index contributed by atoms with van der Waals surface area (Å²) in [5, 5.41) is 8.80. The zero-order valence-electron chi connectivity index (χ0n) is 17.4. The summed E-state index contributed by atoms with van der Waals surface area (Å²) in [4.78, 5) is 18.0. The van der Waals surface area contributed by atoms with Crippen molar-refractivity contribution < 1.29 is 4.79 Å². The first kappa shape index (κ1) is 19.2. The second-order valence-corrected chi connectivity index (χ2v) is 8.51. The minimum atomic E-state index is 0.135. The monoisotopic (exact) mass is 403 g/mol. The average Bonchev–Trinajstić information content (AvgIpc) is 3.42. The van der Waals surface area contributed by atoms with Gasteiger partial charge in [-0.15, -0.1) is 10.2 Å². The molecule has 1 saturated heterocycles. The van der Waals surface area contributed by atoms with Crippen LogP contribution in [0.5, 0.6) is 0 Å². The van der Waals surface area contributed by atoms with E-state index in [1.54, 1.807) is 0 Å². The Bertz CT molecular complexity index is 995. The fourth-order valence-corrected chi connectivity index (χ4v) is 5.13. The number of pyridine rings is 1. The molecule has 1 aromatic carbocycles. The predicted molar refractivity (Wildman–Crippen MR) is 117 cm³/mol. The molecule has 0 spiro atoms. The molecule has 5 rings (SSSR count). The third-order valence-corrected chi connectivity index (χ3v) is 6.58. The average molecular weight is 404 g/mol. The van der Waals surface area contributed by atoms with E-state index in [9.17, 15) is 4.79 Å². The topological polar surface area (TPSA) is 53.7 Å². The van der Waals surface area contributed by atoms with Gasteiger partial charge < -0.3 is 4.90 Å². The molecule has 3 heterocycles. The number of benzene rings is 1. The number of hydrogen-bond acceptors (Lipinski definition) is 4. The number of nitrogens with zero attached hydrogens (tertiary/aromatic N) is 5. The number of aromatic nitrogens is 3. The van der Waals surface area contributed by atoms with E-state index in [0.717, 1.165) is 49.4 Å². The maximum absolute atomic E-state index is 13.6. The largest absolute Gasteiger partial charge is 0.308 e. The fourth-order valence-electron chi connectivity index (χ4n) is 5.13. The van der Waals surface area contributed by atoms with Crippen LogP contribution in [0.1, 0.15) is 56.8 Å². The van der Waals surface area contributed by atoms with E-state index < -0.39 is 0 Å². The van der Waals surface area contributed by atoms with E-state index in [-0.39, 0.29) is 11.9 Å². The Labute approximate surface area is 177 Å². The fraction of sp³-hybridized carbons (Fsp3) is 0.458. The van der Waals surface area contributed by atoms with Crippen LogP contribution in [-0.4, -0.2) is 44.5 Å². The van der Waals surface area contributed by atoms with Crippen LogP contribution in [0.15, 0.2) is 54.7 Å². The number of amides is 1. The van der Waals surface area contributed by atoms with Crippen molar-refractivity contribution in [1.29, 1.82) is 0 Å². The number of carbonyl (C=O) groups excluding carboxylic acids is 1. The van der Waals surface area contributed by atoms with E-state index in [1.165, 1.54) is 19.3 Å². The lowest BCUT2D eigenvalue weighted by Crippen LogP contribution is -2.46. The number of fused-ring (bicyclic) bond motifs is 1. The van der Waals surface area contributed by atoms with Crippen LogP contribution in [0, 0.1) is 0 Å². The maximum Gasteiger partial charge on any atom is 0.241 e. The molecule has 156 valence electrons. The van der Waals surface area contributed by atoms with Gasteiger partial charge in [0.1, 0.15) is 0 Å². The minimum Gasteiger partial charge on any atom is -0.308 e. The van der Waals surface area contributed by atoms with Gasteiger partial charge in [0.25, 0.3) is 0 Å². The van der Waals surface area contributed by atoms with Crippen molar-refractivity contribution in [3.8, 4) is 0 Å². The molecule has 30 heavy (non-hydrogen) atoms. The van der Waals surface area contributed by atoms with Gasteiger partial charge in [-0.3, -0.25) is 14.1 Å². The first-order valence-electron chi connectivity index (χ1n) is 11.2. The minimum absolute atomic E-state index is 0.135. The second-order valence-electron chi connectivity index (χ2n) is 8.51. The van der Waals surface area contributed by atoms with Gasteiger partial charge in [0, 0.05) is 17.9 Å². The summed E-state index contributed by atoms with van der Waals surface area (Å²) in [5.74, 6) is 1.15. The van der Waals surface area contributed by atoms with Crippen molar-refractivity contribution in [1.82, 2.24) is 19.5 Å². The van der Waals surface area contributed by atoms with Crippen LogP contribution < -0.4 is 4.90 Å². The highest BCUT2D eigenvalue weighted by atomic mass is 16.2. The molecular weight excluding hydrogens is 374 g/mol. The lowest BCUT2D eigenvalue weighted by Gasteiger charge is -2.36. The van der Waals surface area contributed by atoms with E-state index in [4.69, 9.17) is 0 Å². The quantitative estimate of drug-likeness (QED) is 0.640. The van der Waals surface area contributed by atoms with Gasteiger partial charge in [0.15, 0.2) is 11.5 Å². The van der Waals surface area contributed by atoms with Gasteiger partial charge in [-0.25, -0.2) is 0 Å². The summed E-state index contributed by atoms with van der Waals surface area (Å²) in [7, 11) is 0. The molecule has 0 bridgehead atoms. The summed E-state index contributed by atoms with van der Waals surface area (Å²) in [6.07, 6.45) is 9.99. The lowest BCUT2D eigenvalue weighted by atomic mass is 9.93. The normalized spacial score (nSPS) is 20.6. The molecule has 1 unspecified atom stereocenters. The first-order chi connectivity index (χ1) is 14.8. The Hall–Kier alpha value is -2.73. The summed E-state index contributed by atoms with van der Waals surface area (Å²) in [6.45, 7) is 1.35. The van der Waals surface area contributed by atoms with Gasteiger partial charge in [0.2, 0.25) is 5.91 Å². The van der Waals surface area contributed by atoms with Gasteiger partial charge in [0.05, 0.1) is 12.6 Å². The van der Waals surface area contributed by atoms with Gasteiger partial charge >= 0.3 is 0 Å². The Morgan fingerprint density at radius 1 is 0.933 bits per heavy atom. The van der Waals surface area contributed by atoms with Crippen LogP contribution in [0.3, 0.4) is 0 Å². The zero-order chi connectivity index (χ0) is 20.3. The number of rotatable bonds is 5. The highest BCUT2D eigenvalue weighted by Gasteiger charge is 2.34. The molecule has 1 atom stereocenters. The molecule has 2 fully saturated rings. The molecule has 1 aliphatic heterocycles. The number of carbonyl (C=O) groups is 1. The summed E-state index contributed by atoms with van der Waals surface area (Å²) in [6, 6.07) is 16.6. The Balaban J connectivity index is 1.39. The highest BCUT2D eigenvalue weighted by Crippen LogP contribution is 2.32. The van der Waals surface area contributed by atoms with Crippen molar-refractivity contribution in [3.63, 3.8) is 0 Å². The summed E-state index contributed by atoms with van der Waals surface area (Å²) in [5.41, 5.74) is 1.89. The van der Waals surface area contributed by atoms with Crippen LogP contribution in [0.2, 0.25) is 0 Å². The molecule has 6 heteroatoms. The molecule has 1 aliphatic carbocycles. The van der Waals surface area contributed by atoms with Crippen molar-refractivity contribution >= 4 is 17.2 Å². The molecule has 3 aromatic rings. The Morgan fingerprint density at radius 3 is 2.57 bits per heavy atom. The van der Waals surface area contributed by atoms with Crippen molar-refractivity contribution in [2.45, 2.75) is 57.0 Å². The Morgan fingerprint density at radius 2 is 1.73 bits per heavy atom. The van der Waals surface area contributed by atoms with E-state index in [2.05, 4.69) is 36.5 Å². The van der Waals surface area contributed by atoms with Crippen molar-refractivity contribution in [2.24, 2.45) is 0 Å². The summed E-state index contributed by atoms with van der Waals surface area (Å²) >= 11 is 0. The Kier molecular flexibility index (Phi) is 5.49. The van der Waals surface area contributed by atoms with E-state index in [1.807, 2.05) is 42.6 Å². The number of anilines is 1. The van der Waals surface area contributed by atoms with Crippen molar-refractivity contribution in [2.75, 3.05) is 18.0 Å². The first-order valence-corrected chi connectivity index (χ1v) is 11.2. The van der Waals surface area contributed by atoms with Crippen LogP contribution in [0.25, 0.3) is 5.65 Å². The maximum atomic E-state index is 13.6. The third kappa shape index (κ3) is 3.72. The second kappa shape index (κ2) is 8.56. The molecule has 0 N–H and O–H groups in total. The smallest absolute Gasteiger partial charge is 0.241 e. The molecule has 6 nitrogen and oxygen atoms in total. The highest BCUT2D eigenvalue weighted by molar-refractivity contribution is 5.95. The molecule has 1 amide bonds. The predicted octanol–water partition coefficient (Wildman–Crippen LogP) is 4.23.